The third-order valence-electron chi connectivity index (χ3n) is 1.14. The minimum absolute atomic E-state index is 0.500. The summed E-state index contributed by atoms with van der Waals surface area (Å²) in [5.41, 5.74) is 6.30. The Labute approximate surface area is 60.7 Å². The second-order valence-corrected chi connectivity index (χ2v) is 3.00. The quantitative estimate of drug-likeness (QED) is 0.638. The van der Waals surface area contributed by atoms with Crippen LogP contribution in [0.15, 0.2) is 5.11 Å². The Bertz CT molecular complexity index is 135. The Hall–Kier alpha value is -0.260. The zero-order chi connectivity index (χ0) is 8.41. The second kappa shape index (κ2) is 2.77. The molecule has 0 saturated heterocycles. The molecule has 0 fully saturated rings. The molecule has 0 saturated carbocycles. The highest BCUT2D eigenvalue weighted by Gasteiger charge is 2.51. The van der Waals surface area contributed by atoms with Gasteiger partial charge in [0.15, 0.2) is 0 Å². The maximum atomic E-state index is 11.9. The van der Waals surface area contributed by atoms with Crippen LogP contribution in [0.1, 0.15) is 6.92 Å². The molecule has 0 aliphatic rings. The van der Waals surface area contributed by atoms with E-state index in [0.717, 1.165) is 6.92 Å². The maximum absolute atomic E-state index is 11.9. The Morgan fingerprint density at radius 2 is 1.80 bits per heavy atom. The van der Waals surface area contributed by atoms with E-state index in [0.29, 0.717) is 11.8 Å². The summed E-state index contributed by atoms with van der Waals surface area (Å²) in [6.07, 6.45) is -3.17. The van der Waals surface area contributed by atoms with Crippen LogP contribution in [0.2, 0.25) is 0 Å². The molecule has 0 radical (unpaired) electrons. The number of alkyl halides is 3. The summed E-state index contributed by atoms with van der Waals surface area (Å²) >= 11 is 0.500. The Balaban J connectivity index is 4.48. The predicted molar refractivity (Wildman–Crippen MR) is 33.1 cm³/mol. The first-order valence-electron chi connectivity index (χ1n) is 2.38. The van der Waals surface area contributed by atoms with Gasteiger partial charge in [0, 0.05) is 0 Å². The van der Waals surface area contributed by atoms with E-state index < -0.39 is 11.0 Å². The Kier molecular flexibility index (Phi) is 2.70. The van der Waals surface area contributed by atoms with E-state index in [4.69, 9.17) is 5.53 Å². The highest BCUT2D eigenvalue weighted by atomic mass is 32.2. The number of halogens is 3. The normalized spacial score (nSPS) is 18.1. The summed E-state index contributed by atoms with van der Waals surface area (Å²) < 4.78 is 35.6. The molecular weight excluding hydrogens is 165 g/mol. The summed E-state index contributed by atoms with van der Waals surface area (Å²) in [4.78, 5) is -2.27. The molecule has 1 atom stereocenters. The minimum atomic E-state index is -4.44. The van der Waals surface area contributed by atoms with Gasteiger partial charge >= 0.3 is 6.18 Å². The molecule has 0 aliphatic carbocycles. The van der Waals surface area contributed by atoms with E-state index in [-0.39, 0.29) is 0 Å². The van der Waals surface area contributed by atoms with Crippen molar-refractivity contribution in [2.45, 2.75) is 18.0 Å². The first-order chi connectivity index (χ1) is 4.37. The van der Waals surface area contributed by atoms with Crippen LogP contribution in [0.4, 0.5) is 13.2 Å². The van der Waals surface area contributed by atoms with Crippen molar-refractivity contribution in [3.63, 3.8) is 0 Å². The molecular formula is C4H7F3N2S. The summed E-state index contributed by atoms with van der Waals surface area (Å²) in [5, 5.41) is 2.50. The van der Waals surface area contributed by atoms with Gasteiger partial charge in [0.05, 0.1) is 0 Å². The summed E-state index contributed by atoms with van der Waals surface area (Å²) in [5.74, 6) is 0. The van der Waals surface area contributed by atoms with Crippen LogP contribution >= 0.6 is 11.8 Å². The number of nitrogens with one attached hydrogen (secondary N) is 1. The Morgan fingerprint density at radius 3 is 1.80 bits per heavy atom. The lowest BCUT2D eigenvalue weighted by Crippen LogP contribution is -2.36. The lowest BCUT2D eigenvalue weighted by atomic mass is 10.3. The molecule has 1 unspecified atom stereocenters. The summed E-state index contributed by atoms with van der Waals surface area (Å²) in [6, 6.07) is 0. The van der Waals surface area contributed by atoms with Crippen molar-refractivity contribution in [1.29, 1.82) is 5.53 Å². The molecule has 0 aromatic heterocycles. The van der Waals surface area contributed by atoms with Crippen LogP contribution in [-0.2, 0) is 0 Å². The average Bonchev–Trinajstić information content (AvgIpc) is 1.84. The van der Waals surface area contributed by atoms with Crippen molar-refractivity contribution in [2.24, 2.45) is 5.11 Å². The molecule has 0 aromatic rings. The van der Waals surface area contributed by atoms with Crippen molar-refractivity contribution in [3.8, 4) is 0 Å². The highest BCUT2D eigenvalue weighted by Crippen LogP contribution is 2.40. The van der Waals surface area contributed by atoms with Gasteiger partial charge in [-0.05, 0) is 13.2 Å². The van der Waals surface area contributed by atoms with Gasteiger partial charge in [-0.3, -0.25) is 0 Å². The number of rotatable bonds is 2. The number of nitrogens with zero attached hydrogens (tertiary/aromatic N) is 1. The fourth-order valence-corrected chi connectivity index (χ4v) is 0.547. The molecule has 0 aromatic carbocycles. The first kappa shape index (κ1) is 9.74. The van der Waals surface area contributed by atoms with Crippen molar-refractivity contribution in [2.75, 3.05) is 6.26 Å². The van der Waals surface area contributed by atoms with Crippen molar-refractivity contribution >= 4 is 11.8 Å². The molecule has 0 amide bonds. The van der Waals surface area contributed by atoms with Crippen LogP contribution in [0.25, 0.3) is 0 Å². The second-order valence-electron chi connectivity index (χ2n) is 1.80. The van der Waals surface area contributed by atoms with E-state index in [1.54, 1.807) is 0 Å². The lowest BCUT2D eigenvalue weighted by Gasteiger charge is -2.23. The van der Waals surface area contributed by atoms with E-state index in [9.17, 15) is 13.2 Å². The minimum Gasteiger partial charge on any atom is -0.208 e. The van der Waals surface area contributed by atoms with Crippen molar-refractivity contribution in [3.05, 3.63) is 0 Å². The standard InChI is InChI=1S/C4H7F3N2S/c1-3(9-8,10-2)4(5,6)7/h8H,1-2H3. The zero-order valence-electron chi connectivity index (χ0n) is 5.49. The molecule has 0 heterocycles. The average molecular weight is 172 g/mol. The SMILES string of the molecule is CSC(C)(N=N)C(F)(F)F. The zero-order valence-corrected chi connectivity index (χ0v) is 6.31. The molecule has 6 heteroatoms. The van der Waals surface area contributed by atoms with Gasteiger partial charge in [0.1, 0.15) is 0 Å². The topological polar surface area (TPSA) is 36.2 Å². The third-order valence-corrected chi connectivity index (χ3v) is 2.25. The Morgan fingerprint density at radius 1 is 1.40 bits per heavy atom. The molecule has 0 rings (SSSR count). The highest BCUT2D eigenvalue weighted by molar-refractivity contribution is 8.00. The summed E-state index contributed by atoms with van der Waals surface area (Å²) in [6.45, 7) is 0.866. The third kappa shape index (κ3) is 1.62. The fraction of sp³-hybridized carbons (Fsp3) is 1.00. The molecule has 2 nitrogen and oxygen atoms in total. The van der Waals surface area contributed by atoms with E-state index in [1.807, 2.05) is 0 Å². The van der Waals surface area contributed by atoms with Gasteiger partial charge in [-0.25, -0.2) is 5.53 Å². The fourth-order valence-electron chi connectivity index (χ4n) is 0.225. The van der Waals surface area contributed by atoms with Gasteiger partial charge in [-0.2, -0.15) is 18.3 Å². The molecule has 60 valence electrons. The molecule has 10 heavy (non-hydrogen) atoms. The van der Waals surface area contributed by atoms with Crippen LogP contribution in [0.3, 0.4) is 0 Å². The number of hydrogen-bond acceptors (Lipinski definition) is 3. The van der Waals surface area contributed by atoms with E-state index in [1.165, 1.54) is 6.26 Å². The van der Waals surface area contributed by atoms with Crippen LogP contribution in [0, 0.1) is 5.53 Å². The number of hydrogen-bond donors (Lipinski definition) is 1. The van der Waals surface area contributed by atoms with Crippen LogP contribution in [0.5, 0.6) is 0 Å². The van der Waals surface area contributed by atoms with E-state index >= 15 is 0 Å². The monoisotopic (exact) mass is 172 g/mol. The van der Waals surface area contributed by atoms with Gasteiger partial charge in [0.25, 0.3) is 0 Å². The van der Waals surface area contributed by atoms with Gasteiger partial charge in [0.2, 0.25) is 4.87 Å². The number of thioether (sulfide) groups is 1. The molecule has 0 spiro atoms. The summed E-state index contributed by atoms with van der Waals surface area (Å²) in [7, 11) is 0. The first-order valence-corrected chi connectivity index (χ1v) is 3.60. The lowest BCUT2D eigenvalue weighted by molar-refractivity contribution is -0.154. The molecule has 0 aliphatic heterocycles. The van der Waals surface area contributed by atoms with Crippen molar-refractivity contribution in [1.82, 2.24) is 0 Å². The van der Waals surface area contributed by atoms with Crippen LogP contribution in [-0.4, -0.2) is 17.3 Å². The van der Waals surface area contributed by atoms with Gasteiger partial charge in [-0.15, -0.1) is 11.8 Å². The van der Waals surface area contributed by atoms with Gasteiger partial charge < -0.3 is 0 Å². The van der Waals surface area contributed by atoms with Gasteiger partial charge in [-0.1, -0.05) is 0 Å². The van der Waals surface area contributed by atoms with Crippen LogP contribution < -0.4 is 0 Å². The largest absolute Gasteiger partial charge is 0.424 e. The smallest absolute Gasteiger partial charge is 0.208 e. The van der Waals surface area contributed by atoms with Crippen molar-refractivity contribution < 1.29 is 13.2 Å². The maximum Gasteiger partial charge on any atom is 0.424 e. The van der Waals surface area contributed by atoms with E-state index in [2.05, 4.69) is 5.11 Å². The predicted octanol–water partition coefficient (Wildman–Crippen LogP) is 2.66. The molecule has 1 N–H and O–H groups in total. The molecule has 0 bridgehead atoms.